The van der Waals surface area contributed by atoms with Crippen molar-refractivity contribution in [3.8, 4) is 0 Å². The maximum Gasteiger partial charge on any atom is -0.0175 e. The molecule has 2 saturated carbocycles. The Morgan fingerprint density at radius 3 is 2.75 bits per heavy atom. The molecule has 0 radical (unpaired) electrons. The van der Waals surface area contributed by atoms with E-state index in [-0.39, 0.29) is 0 Å². The Kier molecular flexibility index (Phi) is 2.25. The van der Waals surface area contributed by atoms with Crippen LogP contribution in [0.5, 0.6) is 0 Å². The van der Waals surface area contributed by atoms with Crippen molar-refractivity contribution in [2.45, 2.75) is 45.4 Å². The zero-order valence-corrected chi connectivity index (χ0v) is 8.18. The van der Waals surface area contributed by atoms with Crippen LogP contribution in [0.3, 0.4) is 0 Å². The summed E-state index contributed by atoms with van der Waals surface area (Å²) in [6.07, 6.45) is 8.65. The highest BCUT2D eigenvalue weighted by Crippen LogP contribution is 2.48. The molecule has 0 bridgehead atoms. The molecule has 0 aromatic carbocycles. The van der Waals surface area contributed by atoms with Crippen LogP contribution in [-0.4, -0.2) is 0 Å². The third-order valence-corrected chi connectivity index (χ3v) is 3.99. The van der Waals surface area contributed by atoms with E-state index in [4.69, 9.17) is 0 Å². The molecule has 2 fully saturated rings. The Morgan fingerprint density at radius 1 is 1.33 bits per heavy atom. The summed E-state index contributed by atoms with van der Waals surface area (Å²) < 4.78 is 0. The van der Waals surface area contributed by atoms with Crippen molar-refractivity contribution in [1.82, 2.24) is 0 Å². The fraction of sp³-hybridized carbons (Fsp3) is 0.833. The Bertz CT molecular complexity index is 180. The minimum absolute atomic E-state index is 0.873. The molecule has 0 heterocycles. The molecule has 0 aliphatic heterocycles. The molecule has 0 aromatic heterocycles. The van der Waals surface area contributed by atoms with Crippen LogP contribution in [-0.2, 0) is 0 Å². The first-order valence-corrected chi connectivity index (χ1v) is 5.51. The number of hydrogen-bond donors (Lipinski definition) is 0. The van der Waals surface area contributed by atoms with E-state index in [2.05, 4.69) is 13.5 Å². The summed E-state index contributed by atoms with van der Waals surface area (Å²) in [6, 6.07) is 0. The summed E-state index contributed by atoms with van der Waals surface area (Å²) in [5.74, 6) is 2.82. The van der Waals surface area contributed by atoms with E-state index in [0.717, 1.165) is 17.8 Å². The van der Waals surface area contributed by atoms with Gasteiger partial charge in [0, 0.05) is 0 Å². The van der Waals surface area contributed by atoms with Gasteiger partial charge >= 0.3 is 0 Å². The molecule has 2 aliphatic carbocycles. The van der Waals surface area contributed by atoms with E-state index in [9.17, 15) is 0 Å². The molecule has 0 heteroatoms. The third-order valence-electron chi connectivity index (χ3n) is 3.99. The Hall–Kier alpha value is -0.260. The Morgan fingerprint density at radius 2 is 2.08 bits per heavy atom. The first-order valence-electron chi connectivity index (χ1n) is 5.51. The highest BCUT2D eigenvalue weighted by molar-refractivity contribution is 5.14. The fourth-order valence-corrected chi connectivity index (χ4v) is 3.23. The lowest BCUT2D eigenvalue weighted by Crippen LogP contribution is -2.13. The van der Waals surface area contributed by atoms with Crippen molar-refractivity contribution in [3.63, 3.8) is 0 Å². The zero-order chi connectivity index (χ0) is 8.55. The van der Waals surface area contributed by atoms with Gasteiger partial charge in [0.15, 0.2) is 0 Å². The Balaban J connectivity index is 2.08. The summed E-state index contributed by atoms with van der Waals surface area (Å²) >= 11 is 0. The monoisotopic (exact) mass is 164 g/mol. The minimum atomic E-state index is 0.873. The predicted molar refractivity (Wildman–Crippen MR) is 53.0 cm³/mol. The van der Waals surface area contributed by atoms with Gasteiger partial charge in [-0.05, 0) is 43.4 Å². The van der Waals surface area contributed by atoms with Crippen LogP contribution in [0.2, 0.25) is 0 Å². The van der Waals surface area contributed by atoms with Crippen LogP contribution in [0.4, 0.5) is 0 Å². The molecule has 3 atom stereocenters. The van der Waals surface area contributed by atoms with Crippen LogP contribution in [0.15, 0.2) is 12.2 Å². The summed E-state index contributed by atoms with van der Waals surface area (Å²) in [4.78, 5) is 0. The summed E-state index contributed by atoms with van der Waals surface area (Å²) in [5.41, 5.74) is 1.60. The molecule has 0 amide bonds. The van der Waals surface area contributed by atoms with Crippen LogP contribution < -0.4 is 0 Å². The second-order valence-electron chi connectivity index (χ2n) is 4.57. The van der Waals surface area contributed by atoms with Crippen molar-refractivity contribution in [2.75, 3.05) is 0 Å². The molecular weight excluding hydrogens is 144 g/mol. The van der Waals surface area contributed by atoms with Gasteiger partial charge in [-0.2, -0.15) is 0 Å². The molecule has 68 valence electrons. The molecule has 0 N–H and O–H groups in total. The first kappa shape index (κ1) is 8.34. The largest absolute Gasteiger partial charge is 0.0993 e. The minimum Gasteiger partial charge on any atom is -0.0993 e. The van der Waals surface area contributed by atoms with Crippen molar-refractivity contribution in [3.05, 3.63) is 12.2 Å². The zero-order valence-electron chi connectivity index (χ0n) is 8.18. The van der Waals surface area contributed by atoms with Gasteiger partial charge in [-0.15, -0.1) is 0 Å². The lowest BCUT2D eigenvalue weighted by atomic mass is 9.80. The molecule has 2 rings (SSSR count). The predicted octanol–water partition coefficient (Wildman–Crippen LogP) is 3.78. The van der Waals surface area contributed by atoms with Crippen LogP contribution in [0.25, 0.3) is 0 Å². The number of allylic oxidation sites excluding steroid dienone is 1. The second-order valence-corrected chi connectivity index (χ2v) is 4.57. The molecule has 0 aromatic rings. The number of fused-ring (bicyclic) bond motifs is 1. The van der Waals surface area contributed by atoms with Crippen molar-refractivity contribution in [2.24, 2.45) is 17.8 Å². The van der Waals surface area contributed by atoms with Gasteiger partial charge in [-0.3, -0.25) is 0 Å². The van der Waals surface area contributed by atoms with E-state index in [1.807, 2.05) is 0 Å². The molecule has 2 aliphatic rings. The van der Waals surface area contributed by atoms with Crippen molar-refractivity contribution in [1.29, 1.82) is 0 Å². The SMILES string of the molecule is C=C1C(CC)CC2CCCCC12. The summed E-state index contributed by atoms with van der Waals surface area (Å²) in [5, 5.41) is 0. The second kappa shape index (κ2) is 3.24. The van der Waals surface area contributed by atoms with E-state index in [1.54, 1.807) is 5.57 Å². The molecular formula is C12H20. The maximum atomic E-state index is 4.29. The molecule has 3 unspecified atom stereocenters. The highest BCUT2D eigenvalue weighted by atomic mass is 14.4. The number of rotatable bonds is 1. The van der Waals surface area contributed by atoms with Crippen LogP contribution in [0.1, 0.15) is 45.4 Å². The van der Waals surface area contributed by atoms with Crippen molar-refractivity contribution < 1.29 is 0 Å². The van der Waals surface area contributed by atoms with Crippen molar-refractivity contribution >= 4 is 0 Å². The van der Waals surface area contributed by atoms with E-state index in [0.29, 0.717) is 0 Å². The Labute approximate surface area is 76.1 Å². The van der Waals surface area contributed by atoms with Gasteiger partial charge in [0.05, 0.1) is 0 Å². The molecule has 0 saturated heterocycles. The van der Waals surface area contributed by atoms with Gasteiger partial charge in [-0.25, -0.2) is 0 Å². The molecule has 0 spiro atoms. The molecule has 0 nitrogen and oxygen atoms in total. The van der Waals surface area contributed by atoms with Gasteiger partial charge in [0.2, 0.25) is 0 Å². The van der Waals surface area contributed by atoms with E-state index in [1.165, 1.54) is 38.5 Å². The average molecular weight is 164 g/mol. The third kappa shape index (κ3) is 1.22. The van der Waals surface area contributed by atoms with Crippen LogP contribution >= 0.6 is 0 Å². The topological polar surface area (TPSA) is 0 Å². The van der Waals surface area contributed by atoms with Gasteiger partial charge < -0.3 is 0 Å². The summed E-state index contributed by atoms with van der Waals surface area (Å²) in [6.45, 7) is 6.60. The van der Waals surface area contributed by atoms with E-state index >= 15 is 0 Å². The lowest BCUT2D eigenvalue weighted by molar-refractivity contribution is 0.299. The first-order chi connectivity index (χ1) is 5.83. The quantitative estimate of drug-likeness (QED) is 0.517. The highest BCUT2D eigenvalue weighted by Gasteiger charge is 2.37. The number of hydrogen-bond acceptors (Lipinski definition) is 0. The van der Waals surface area contributed by atoms with Gasteiger partial charge in [0.25, 0.3) is 0 Å². The maximum absolute atomic E-state index is 4.29. The lowest BCUT2D eigenvalue weighted by Gasteiger charge is -2.25. The fourth-order valence-electron chi connectivity index (χ4n) is 3.23. The van der Waals surface area contributed by atoms with Crippen LogP contribution in [0, 0.1) is 17.8 Å². The smallest absolute Gasteiger partial charge is 0.0175 e. The van der Waals surface area contributed by atoms with E-state index < -0.39 is 0 Å². The standard InChI is InChI=1S/C12H20/c1-3-10-8-11-6-4-5-7-12(11)9(10)2/h10-12H,2-8H2,1H3. The normalized spacial score (nSPS) is 41.4. The van der Waals surface area contributed by atoms with Gasteiger partial charge in [0.1, 0.15) is 0 Å². The molecule has 12 heavy (non-hydrogen) atoms. The summed E-state index contributed by atoms with van der Waals surface area (Å²) in [7, 11) is 0. The van der Waals surface area contributed by atoms with Gasteiger partial charge in [-0.1, -0.05) is 31.9 Å². The average Bonchev–Trinajstić information content (AvgIpc) is 2.44.